The van der Waals surface area contributed by atoms with Crippen LogP contribution in [0.15, 0.2) is 18.2 Å². The number of hydrogen-bond acceptors (Lipinski definition) is 3. The molecule has 1 radical (unpaired) electrons. The van der Waals surface area contributed by atoms with Crippen LogP contribution < -0.4 is 4.43 Å². The zero-order valence-corrected chi connectivity index (χ0v) is 15.1. The highest BCUT2D eigenvalue weighted by Gasteiger charge is 2.17. The first-order chi connectivity index (χ1) is 9.74. The van der Waals surface area contributed by atoms with Gasteiger partial charge in [-0.1, -0.05) is 32.9 Å². The van der Waals surface area contributed by atoms with Crippen LogP contribution in [-0.4, -0.2) is 21.6 Å². The van der Waals surface area contributed by atoms with Gasteiger partial charge in [0.15, 0.2) is 0 Å². The number of esters is 1. The van der Waals surface area contributed by atoms with Crippen LogP contribution in [0, 0.1) is 0 Å². The predicted octanol–water partition coefficient (Wildman–Crippen LogP) is 4.11. The Labute approximate surface area is 130 Å². The quantitative estimate of drug-likeness (QED) is 0.586. The molecule has 0 unspecified atom stereocenters. The Kier molecular flexibility index (Phi) is 6.46. The van der Waals surface area contributed by atoms with Crippen LogP contribution in [0.2, 0.25) is 13.1 Å². The molecular weight excluding hydrogens is 280 g/mol. The van der Waals surface area contributed by atoms with Crippen molar-refractivity contribution in [1.82, 2.24) is 0 Å². The van der Waals surface area contributed by atoms with Gasteiger partial charge in [-0.2, -0.15) is 0 Å². The monoisotopic (exact) mass is 307 g/mol. The fraction of sp³-hybridized carbons (Fsp3) is 0.588. The SMILES string of the molecule is CCOC(=O)CCc1ccc(C(C)(C)C)cc1O[Si](C)C. The van der Waals surface area contributed by atoms with Crippen molar-refractivity contribution in [2.75, 3.05) is 6.61 Å². The molecule has 0 aromatic heterocycles. The van der Waals surface area contributed by atoms with E-state index in [9.17, 15) is 4.79 Å². The number of benzene rings is 1. The van der Waals surface area contributed by atoms with E-state index < -0.39 is 9.04 Å². The molecule has 0 amide bonds. The van der Waals surface area contributed by atoms with Gasteiger partial charge in [0.05, 0.1) is 6.61 Å². The molecule has 0 aliphatic carbocycles. The van der Waals surface area contributed by atoms with Gasteiger partial charge in [-0.15, -0.1) is 0 Å². The molecule has 0 atom stereocenters. The smallest absolute Gasteiger partial charge is 0.306 e. The molecule has 0 aliphatic heterocycles. The molecule has 117 valence electrons. The molecule has 0 fully saturated rings. The lowest BCUT2D eigenvalue weighted by Crippen LogP contribution is -2.16. The van der Waals surface area contributed by atoms with Gasteiger partial charge in [0.2, 0.25) is 0 Å². The van der Waals surface area contributed by atoms with Crippen molar-refractivity contribution >= 4 is 15.0 Å². The summed E-state index contributed by atoms with van der Waals surface area (Å²) in [6.07, 6.45) is 1.06. The standard InChI is InChI=1S/C17H27O3Si/c1-7-19-16(18)11-9-13-8-10-14(17(2,3)4)12-15(13)20-21(5)6/h8,10,12H,7,9,11H2,1-6H3. The first kappa shape index (κ1) is 17.8. The molecule has 1 rings (SSSR count). The Balaban J connectivity index is 2.94. The lowest BCUT2D eigenvalue weighted by Gasteiger charge is -2.22. The third-order valence-corrected chi connectivity index (χ3v) is 3.78. The molecule has 0 saturated carbocycles. The summed E-state index contributed by atoms with van der Waals surface area (Å²) < 4.78 is 11.0. The Hall–Kier alpha value is -1.29. The second kappa shape index (κ2) is 7.64. The van der Waals surface area contributed by atoms with Gasteiger partial charge in [-0.3, -0.25) is 4.79 Å². The zero-order valence-electron chi connectivity index (χ0n) is 14.1. The number of hydrogen-bond donors (Lipinski definition) is 0. The van der Waals surface area contributed by atoms with Gasteiger partial charge >= 0.3 is 5.97 Å². The summed E-state index contributed by atoms with van der Waals surface area (Å²) in [6.45, 7) is 13.1. The molecule has 3 nitrogen and oxygen atoms in total. The van der Waals surface area contributed by atoms with Gasteiger partial charge in [-0.05, 0) is 49.0 Å². The number of aryl methyl sites for hydroxylation is 1. The topological polar surface area (TPSA) is 35.5 Å². The van der Waals surface area contributed by atoms with Crippen molar-refractivity contribution in [2.45, 2.75) is 59.0 Å². The highest BCUT2D eigenvalue weighted by atomic mass is 28.3. The van der Waals surface area contributed by atoms with Crippen molar-refractivity contribution in [2.24, 2.45) is 0 Å². The number of carbonyl (C=O) groups is 1. The van der Waals surface area contributed by atoms with E-state index >= 15 is 0 Å². The number of carbonyl (C=O) groups excluding carboxylic acids is 1. The molecular formula is C17H27O3Si. The maximum atomic E-state index is 11.5. The lowest BCUT2D eigenvalue weighted by atomic mass is 9.86. The van der Waals surface area contributed by atoms with Gasteiger partial charge in [0, 0.05) is 6.42 Å². The molecule has 0 spiro atoms. The summed E-state index contributed by atoms with van der Waals surface area (Å²) in [6, 6.07) is 6.34. The highest BCUT2D eigenvalue weighted by Crippen LogP contribution is 2.29. The van der Waals surface area contributed by atoms with E-state index in [2.05, 4.69) is 52.1 Å². The number of ether oxygens (including phenoxy) is 1. The maximum absolute atomic E-state index is 11.5. The minimum Gasteiger partial charge on any atom is -0.542 e. The van der Waals surface area contributed by atoms with Crippen LogP contribution in [0.4, 0.5) is 0 Å². The second-order valence-corrected chi connectivity index (χ2v) is 8.41. The molecule has 0 bridgehead atoms. The Morgan fingerprint density at radius 2 is 1.90 bits per heavy atom. The lowest BCUT2D eigenvalue weighted by molar-refractivity contribution is -0.143. The largest absolute Gasteiger partial charge is 0.542 e. The number of rotatable bonds is 6. The normalized spacial score (nSPS) is 11.6. The molecule has 0 N–H and O–H groups in total. The van der Waals surface area contributed by atoms with Crippen LogP contribution in [0.3, 0.4) is 0 Å². The minimum atomic E-state index is -0.835. The zero-order chi connectivity index (χ0) is 16.0. The van der Waals surface area contributed by atoms with Crippen LogP contribution in [0.5, 0.6) is 5.75 Å². The Morgan fingerprint density at radius 3 is 2.43 bits per heavy atom. The van der Waals surface area contributed by atoms with E-state index in [1.54, 1.807) is 0 Å². The molecule has 0 aliphatic rings. The summed E-state index contributed by atoms with van der Waals surface area (Å²) in [5.41, 5.74) is 2.43. The van der Waals surface area contributed by atoms with Gasteiger partial charge in [-0.25, -0.2) is 0 Å². The van der Waals surface area contributed by atoms with Crippen molar-refractivity contribution < 1.29 is 14.0 Å². The van der Waals surface area contributed by atoms with Crippen LogP contribution in [0.25, 0.3) is 0 Å². The van der Waals surface area contributed by atoms with Crippen LogP contribution >= 0.6 is 0 Å². The Bertz CT molecular complexity index is 475. The third kappa shape index (κ3) is 5.92. The van der Waals surface area contributed by atoms with Crippen molar-refractivity contribution in [3.05, 3.63) is 29.3 Å². The molecule has 4 heteroatoms. The predicted molar refractivity (Wildman–Crippen MR) is 88.2 cm³/mol. The summed E-state index contributed by atoms with van der Waals surface area (Å²) in [4.78, 5) is 11.5. The Morgan fingerprint density at radius 1 is 1.24 bits per heavy atom. The molecule has 1 aromatic rings. The molecule has 0 saturated heterocycles. The summed E-state index contributed by atoms with van der Waals surface area (Å²) >= 11 is 0. The molecule has 0 heterocycles. The second-order valence-electron chi connectivity index (χ2n) is 6.39. The van der Waals surface area contributed by atoms with E-state index in [1.165, 1.54) is 5.56 Å². The van der Waals surface area contributed by atoms with E-state index in [4.69, 9.17) is 9.16 Å². The average Bonchev–Trinajstić information content (AvgIpc) is 2.35. The summed E-state index contributed by atoms with van der Waals surface area (Å²) in [5.74, 6) is 0.771. The first-order valence-corrected chi connectivity index (χ1v) is 9.92. The fourth-order valence-corrected chi connectivity index (χ4v) is 2.64. The van der Waals surface area contributed by atoms with E-state index in [0.717, 1.165) is 11.3 Å². The van der Waals surface area contributed by atoms with Crippen LogP contribution in [0.1, 0.15) is 45.2 Å². The van der Waals surface area contributed by atoms with Crippen molar-refractivity contribution in [1.29, 1.82) is 0 Å². The van der Waals surface area contributed by atoms with Gasteiger partial charge in [0.1, 0.15) is 5.75 Å². The van der Waals surface area contributed by atoms with E-state index in [0.29, 0.717) is 19.4 Å². The van der Waals surface area contributed by atoms with Crippen LogP contribution in [-0.2, 0) is 21.4 Å². The fourth-order valence-electron chi connectivity index (χ4n) is 2.01. The van der Waals surface area contributed by atoms with E-state index in [1.807, 2.05) is 6.92 Å². The molecule has 21 heavy (non-hydrogen) atoms. The van der Waals surface area contributed by atoms with E-state index in [-0.39, 0.29) is 11.4 Å². The first-order valence-electron chi connectivity index (χ1n) is 7.51. The average molecular weight is 307 g/mol. The minimum absolute atomic E-state index is 0.0895. The summed E-state index contributed by atoms with van der Waals surface area (Å²) in [5, 5.41) is 0. The summed E-state index contributed by atoms with van der Waals surface area (Å²) in [7, 11) is -0.835. The van der Waals surface area contributed by atoms with Crippen molar-refractivity contribution in [3.63, 3.8) is 0 Å². The maximum Gasteiger partial charge on any atom is 0.306 e. The van der Waals surface area contributed by atoms with Crippen molar-refractivity contribution in [3.8, 4) is 5.75 Å². The third-order valence-electron chi connectivity index (χ3n) is 3.15. The highest BCUT2D eigenvalue weighted by molar-refractivity contribution is 6.49. The van der Waals surface area contributed by atoms with Gasteiger partial charge < -0.3 is 9.16 Å². The molecule has 1 aromatic carbocycles. The van der Waals surface area contributed by atoms with Gasteiger partial charge in [0.25, 0.3) is 9.04 Å².